The maximum Gasteiger partial charge on any atom is 0.258 e. The minimum absolute atomic E-state index is 0.0849. The fourth-order valence-electron chi connectivity index (χ4n) is 2.28. The van der Waals surface area contributed by atoms with Gasteiger partial charge in [-0.3, -0.25) is 9.59 Å². The van der Waals surface area contributed by atoms with E-state index in [4.69, 9.17) is 10.5 Å². The lowest BCUT2D eigenvalue weighted by atomic mass is 10.0. The van der Waals surface area contributed by atoms with Gasteiger partial charge in [0.1, 0.15) is 17.4 Å². The molecule has 1 unspecified atom stereocenters. The summed E-state index contributed by atoms with van der Waals surface area (Å²) in [5.41, 5.74) is 5.54. The Morgan fingerprint density at radius 1 is 1.16 bits per heavy atom. The van der Waals surface area contributed by atoms with Gasteiger partial charge in [0.05, 0.1) is 6.04 Å². The predicted octanol–water partition coefficient (Wildman–Crippen LogP) is 2.71. The molecule has 0 aliphatic carbocycles. The van der Waals surface area contributed by atoms with E-state index < -0.39 is 29.5 Å². The highest BCUT2D eigenvalue weighted by atomic mass is 19.1. The first-order chi connectivity index (χ1) is 11.9. The van der Waals surface area contributed by atoms with Crippen molar-refractivity contribution in [3.05, 3.63) is 65.2 Å². The van der Waals surface area contributed by atoms with E-state index in [0.717, 1.165) is 18.2 Å². The highest BCUT2D eigenvalue weighted by Crippen LogP contribution is 2.21. The van der Waals surface area contributed by atoms with Gasteiger partial charge in [0, 0.05) is 11.1 Å². The Morgan fingerprint density at radius 2 is 1.84 bits per heavy atom. The minimum Gasteiger partial charge on any atom is -0.484 e. The van der Waals surface area contributed by atoms with E-state index in [1.165, 1.54) is 24.3 Å². The second-order valence-electron chi connectivity index (χ2n) is 5.37. The first-order valence-corrected chi connectivity index (χ1v) is 7.67. The summed E-state index contributed by atoms with van der Waals surface area (Å²) in [5, 5.41) is 2.61. The van der Waals surface area contributed by atoms with Gasteiger partial charge in [-0.1, -0.05) is 6.92 Å². The van der Waals surface area contributed by atoms with E-state index in [-0.39, 0.29) is 12.2 Å². The number of primary amides is 1. The summed E-state index contributed by atoms with van der Waals surface area (Å²) in [6, 6.07) is 8.42. The van der Waals surface area contributed by atoms with Crippen molar-refractivity contribution in [3.8, 4) is 5.75 Å². The third-order valence-electron chi connectivity index (χ3n) is 3.59. The molecule has 3 N–H and O–H groups in total. The summed E-state index contributed by atoms with van der Waals surface area (Å²) < 4.78 is 32.4. The maximum atomic E-state index is 13.8. The molecule has 0 saturated heterocycles. The normalized spacial score (nSPS) is 11.6. The monoisotopic (exact) mass is 348 g/mol. The average Bonchev–Trinajstić information content (AvgIpc) is 2.60. The summed E-state index contributed by atoms with van der Waals surface area (Å²) >= 11 is 0. The Bertz CT molecular complexity index is 763. The van der Waals surface area contributed by atoms with Crippen molar-refractivity contribution in [2.45, 2.75) is 19.4 Å². The van der Waals surface area contributed by atoms with Crippen LogP contribution in [0.2, 0.25) is 0 Å². The van der Waals surface area contributed by atoms with Gasteiger partial charge >= 0.3 is 0 Å². The third-order valence-corrected chi connectivity index (χ3v) is 3.59. The van der Waals surface area contributed by atoms with Crippen LogP contribution >= 0.6 is 0 Å². The number of nitrogens with two attached hydrogens (primary N) is 1. The number of halogens is 2. The number of nitrogens with one attached hydrogen (secondary N) is 1. The van der Waals surface area contributed by atoms with Gasteiger partial charge in [-0.05, 0) is 48.9 Å². The zero-order valence-corrected chi connectivity index (χ0v) is 13.6. The van der Waals surface area contributed by atoms with Crippen LogP contribution in [0.5, 0.6) is 5.75 Å². The first-order valence-electron chi connectivity index (χ1n) is 7.67. The van der Waals surface area contributed by atoms with E-state index in [0.29, 0.717) is 17.7 Å². The number of carbonyl (C=O) groups is 2. The number of ether oxygens (including phenoxy) is 1. The van der Waals surface area contributed by atoms with Gasteiger partial charge in [-0.25, -0.2) is 8.78 Å². The fraction of sp³-hybridized carbons (Fsp3) is 0.222. The predicted molar refractivity (Wildman–Crippen MR) is 88.0 cm³/mol. The lowest BCUT2D eigenvalue weighted by Crippen LogP contribution is -2.32. The molecule has 0 saturated carbocycles. The lowest BCUT2D eigenvalue weighted by molar-refractivity contribution is -0.123. The van der Waals surface area contributed by atoms with Crippen molar-refractivity contribution in [3.63, 3.8) is 0 Å². The molecule has 0 bridgehead atoms. The molecule has 0 aliphatic heterocycles. The van der Waals surface area contributed by atoms with Crippen LogP contribution in [0.15, 0.2) is 42.5 Å². The number of carbonyl (C=O) groups excluding carboxylic acids is 2. The Balaban J connectivity index is 1.96. The smallest absolute Gasteiger partial charge is 0.258 e. The number of benzene rings is 2. The Hall–Kier alpha value is -2.96. The van der Waals surface area contributed by atoms with Gasteiger partial charge in [-0.15, -0.1) is 0 Å². The first kappa shape index (κ1) is 18.4. The number of hydrogen-bond acceptors (Lipinski definition) is 3. The van der Waals surface area contributed by atoms with Crippen LogP contribution in [0.25, 0.3) is 0 Å². The number of amides is 2. The van der Waals surface area contributed by atoms with Crippen molar-refractivity contribution in [2.24, 2.45) is 5.73 Å². The summed E-state index contributed by atoms with van der Waals surface area (Å²) in [7, 11) is 0. The highest BCUT2D eigenvalue weighted by molar-refractivity contribution is 5.92. The second-order valence-corrected chi connectivity index (χ2v) is 5.37. The molecular formula is C18H18F2N2O3. The molecule has 2 rings (SSSR count). The van der Waals surface area contributed by atoms with Gasteiger partial charge in [0.2, 0.25) is 5.91 Å². The van der Waals surface area contributed by atoms with Crippen LogP contribution in [-0.4, -0.2) is 18.4 Å². The van der Waals surface area contributed by atoms with Gasteiger partial charge in [0.15, 0.2) is 6.61 Å². The van der Waals surface area contributed by atoms with Gasteiger partial charge in [-0.2, -0.15) is 0 Å². The molecule has 0 spiro atoms. The van der Waals surface area contributed by atoms with E-state index in [9.17, 15) is 18.4 Å². The van der Waals surface area contributed by atoms with Crippen molar-refractivity contribution < 1.29 is 23.1 Å². The van der Waals surface area contributed by atoms with Crippen LogP contribution < -0.4 is 15.8 Å². The summed E-state index contributed by atoms with van der Waals surface area (Å²) in [4.78, 5) is 23.0. The van der Waals surface area contributed by atoms with Gasteiger partial charge in [0.25, 0.3) is 5.91 Å². The van der Waals surface area contributed by atoms with Crippen molar-refractivity contribution in [2.75, 3.05) is 6.61 Å². The second kappa shape index (κ2) is 8.23. The Labute approximate surface area is 143 Å². The Kier molecular flexibility index (Phi) is 6.05. The van der Waals surface area contributed by atoms with Crippen molar-refractivity contribution in [1.29, 1.82) is 0 Å². The van der Waals surface area contributed by atoms with Crippen LogP contribution in [0.3, 0.4) is 0 Å². The molecule has 2 aromatic carbocycles. The molecular weight excluding hydrogens is 330 g/mol. The summed E-state index contributed by atoms with van der Waals surface area (Å²) in [6.07, 6.45) is 0.388. The largest absolute Gasteiger partial charge is 0.484 e. The van der Waals surface area contributed by atoms with E-state index in [1.54, 1.807) is 6.92 Å². The van der Waals surface area contributed by atoms with E-state index in [2.05, 4.69) is 5.32 Å². The SMILES string of the molecule is CCC(NC(=O)COc1ccc(C(N)=O)cc1)c1cc(F)ccc1F. The molecule has 7 heteroatoms. The van der Waals surface area contributed by atoms with E-state index in [1.807, 2.05) is 0 Å². The Morgan fingerprint density at radius 3 is 2.44 bits per heavy atom. The standard InChI is InChI=1S/C18H18F2N2O3/c1-2-16(14-9-12(19)5-8-15(14)20)22-17(23)10-25-13-6-3-11(4-7-13)18(21)24/h3-9,16H,2,10H2,1H3,(H2,21,24)(H,22,23). The molecule has 5 nitrogen and oxygen atoms in total. The third kappa shape index (κ3) is 5.00. The summed E-state index contributed by atoms with van der Waals surface area (Å²) in [5.74, 6) is -1.82. The molecule has 2 aromatic rings. The highest BCUT2D eigenvalue weighted by Gasteiger charge is 2.17. The molecule has 0 heterocycles. The maximum absolute atomic E-state index is 13.8. The average molecular weight is 348 g/mol. The van der Waals surface area contributed by atoms with E-state index >= 15 is 0 Å². The molecule has 0 aromatic heterocycles. The summed E-state index contributed by atoms with van der Waals surface area (Å²) in [6.45, 7) is 1.45. The molecule has 2 amide bonds. The molecule has 0 radical (unpaired) electrons. The number of hydrogen-bond donors (Lipinski definition) is 2. The fourth-order valence-corrected chi connectivity index (χ4v) is 2.28. The lowest BCUT2D eigenvalue weighted by Gasteiger charge is -2.18. The quantitative estimate of drug-likeness (QED) is 0.807. The van der Waals surface area contributed by atoms with Crippen LogP contribution in [-0.2, 0) is 4.79 Å². The molecule has 0 fully saturated rings. The zero-order valence-electron chi connectivity index (χ0n) is 13.6. The van der Waals surface area contributed by atoms with Crippen LogP contribution in [0.1, 0.15) is 35.3 Å². The van der Waals surface area contributed by atoms with Crippen LogP contribution in [0.4, 0.5) is 8.78 Å². The molecule has 132 valence electrons. The molecule has 1 atom stereocenters. The van der Waals surface area contributed by atoms with Crippen molar-refractivity contribution in [1.82, 2.24) is 5.32 Å². The zero-order chi connectivity index (χ0) is 18.4. The van der Waals surface area contributed by atoms with Gasteiger partial charge < -0.3 is 15.8 Å². The minimum atomic E-state index is -0.663. The molecule has 25 heavy (non-hydrogen) atoms. The molecule has 0 aliphatic rings. The van der Waals surface area contributed by atoms with Crippen LogP contribution in [0, 0.1) is 11.6 Å². The number of rotatable bonds is 7. The van der Waals surface area contributed by atoms with Crippen molar-refractivity contribution >= 4 is 11.8 Å². The topological polar surface area (TPSA) is 81.4 Å².